The number of primary amides is 1. The number of aromatic nitrogens is 3. The van der Waals surface area contributed by atoms with Gasteiger partial charge in [0.05, 0.1) is 17.3 Å². The third-order valence-corrected chi connectivity index (χ3v) is 4.86. The molecule has 154 valence electrons. The van der Waals surface area contributed by atoms with E-state index >= 15 is 0 Å². The fraction of sp³-hybridized carbons (Fsp3) is 0.0870. The minimum Gasteiger partial charge on any atom is -0.363 e. The van der Waals surface area contributed by atoms with E-state index in [2.05, 4.69) is 15.4 Å². The maximum absolute atomic E-state index is 13.1. The molecule has 31 heavy (non-hydrogen) atoms. The summed E-state index contributed by atoms with van der Waals surface area (Å²) in [6.07, 6.45) is 3.37. The lowest BCUT2D eigenvalue weighted by Gasteiger charge is -2.17. The van der Waals surface area contributed by atoms with Crippen molar-refractivity contribution < 1.29 is 14.4 Å². The summed E-state index contributed by atoms with van der Waals surface area (Å²) in [5, 5.41) is 7.89. The number of ketones is 1. The van der Waals surface area contributed by atoms with Crippen LogP contribution in [0.1, 0.15) is 15.9 Å². The third-order valence-electron chi connectivity index (χ3n) is 4.86. The van der Waals surface area contributed by atoms with Gasteiger partial charge in [0.2, 0.25) is 5.78 Å². The molecule has 3 N–H and O–H groups in total. The van der Waals surface area contributed by atoms with Gasteiger partial charge in [-0.15, -0.1) is 0 Å². The van der Waals surface area contributed by atoms with Crippen LogP contribution in [0.4, 0.5) is 0 Å². The minimum absolute atomic E-state index is 0.134. The molecule has 1 unspecified atom stereocenters. The van der Waals surface area contributed by atoms with Crippen LogP contribution < -0.4 is 11.1 Å². The van der Waals surface area contributed by atoms with E-state index in [4.69, 9.17) is 5.73 Å². The second-order valence-electron chi connectivity index (χ2n) is 6.93. The molecule has 1 atom stereocenters. The summed E-state index contributed by atoms with van der Waals surface area (Å²) >= 11 is 0. The highest BCUT2D eigenvalue weighted by Gasteiger charge is 2.27. The number of carbonyl (C=O) groups excluding carboxylic acids is 3. The van der Waals surface area contributed by atoms with E-state index in [1.807, 2.05) is 42.5 Å². The zero-order chi connectivity index (χ0) is 21.8. The lowest BCUT2D eigenvalue weighted by atomic mass is 10.0. The van der Waals surface area contributed by atoms with Crippen LogP contribution in [0, 0.1) is 0 Å². The first-order valence-corrected chi connectivity index (χ1v) is 9.61. The number of pyridine rings is 1. The predicted molar refractivity (Wildman–Crippen MR) is 114 cm³/mol. The summed E-state index contributed by atoms with van der Waals surface area (Å²) in [5.74, 6) is -2.22. The largest absolute Gasteiger partial charge is 0.363 e. The van der Waals surface area contributed by atoms with Gasteiger partial charge in [-0.1, -0.05) is 48.5 Å². The van der Waals surface area contributed by atoms with Crippen LogP contribution in [-0.2, 0) is 16.0 Å². The van der Waals surface area contributed by atoms with Gasteiger partial charge in [0.1, 0.15) is 6.04 Å². The number of amides is 2. The molecule has 4 aromatic rings. The number of para-hydroxylation sites is 1. The number of hydrogen-bond donors (Lipinski definition) is 2. The third kappa shape index (κ3) is 4.18. The van der Waals surface area contributed by atoms with E-state index in [9.17, 15) is 14.4 Å². The Bertz CT molecular complexity index is 1270. The van der Waals surface area contributed by atoms with Crippen LogP contribution in [-0.4, -0.2) is 38.4 Å². The first kappa shape index (κ1) is 20.0. The van der Waals surface area contributed by atoms with Crippen LogP contribution in [0.15, 0.2) is 79.1 Å². The Morgan fingerprint density at radius 2 is 1.71 bits per heavy atom. The van der Waals surface area contributed by atoms with Gasteiger partial charge in [-0.3, -0.25) is 14.4 Å². The number of nitrogens with two attached hydrogens (primary N) is 1. The van der Waals surface area contributed by atoms with Gasteiger partial charge in [0.15, 0.2) is 5.82 Å². The molecule has 0 aliphatic heterocycles. The van der Waals surface area contributed by atoms with Gasteiger partial charge in [0.25, 0.3) is 11.8 Å². The molecular weight excluding hydrogens is 394 g/mol. The molecule has 2 heterocycles. The zero-order valence-corrected chi connectivity index (χ0v) is 16.4. The molecule has 0 aliphatic carbocycles. The fourth-order valence-electron chi connectivity index (χ4n) is 3.35. The molecule has 0 radical (unpaired) electrons. The lowest BCUT2D eigenvalue weighted by Crippen LogP contribution is -2.47. The number of hydrogen-bond acceptors (Lipinski definition) is 5. The average Bonchev–Trinajstić information content (AvgIpc) is 3.23. The Labute approximate surface area is 177 Å². The van der Waals surface area contributed by atoms with Gasteiger partial charge in [-0.2, -0.15) is 5.10 Å². The molecule has 8 heteroatoms. The van der Waals surface area contributed by atoms with Crippen molar-refractivity contribution in [2.24, 2.45) is 5.73 Å². The van der Waals surface area contributed by atoms with Crippen LogP contribution in [0.2, 0.25) is 0 Å². The summed E-state index contributed by atoms with van der Waals surface area (Å²) in [4.78, 5) is 41.4. The van der Waals surface area contributed by atoms with Crippen molar-refractivity contribution in [1.82, 2.24) is 20.1 Å². The van der Waals surface area contributed by atoms with Crippen molar-refractivity contribution in [3.63, 3.8) is 0 Å². The molecule has 0 saturated carbocycles. The van der Waals surface area contributed by atoms with Crippen LogP contribution in [0.25, 0.3) is 16.7 Å². The lowest BCUT2D eigenvalue weighted by molar-refractivity contribution is -0.137. The maximum Gasteiger partial charge on any atom is 0.287 e. The van der Waals surface area contributed by atoms with Crippen molar-refractivity contribution in [1.29, 1.82) is 0 Å². The maximum atomic E-state index is 13.1. The number of fused-ring (bicyclic) bond motifs is 1. The summed E-state index contributed by atoms with van der Waals surface area (Å²) in [7, 11) is 0. The van der Waals surface area contributed by atoms with Gasteiger partial charge in [-0.05, 0) is 23.8 Å². The summed E-state index contributed by atoms with van der Waals surface area (Å²) in [6.45, 7) is 0. The molecule has 2 aromatic carbocycles. The smallest absolute Gasteiger partial charge is 0.287 e. The Balaban J connectivity index is 1.67. The summed E-state index contributed by atoms with van der Waals surface area (Å²) in [5.41, 5.74) is 6.99. The number of carbonyl (C=O) groups is 3. The molecule has 0 aliphatic rings. The average molecular weight is 413 g/mol. The van der Waals surface area contributed by atoms with E-state index in [1.54, 1.807) is 41.3 Å². The van der Waals surface area contributed by atoms with Crippen molar-refractivity contribution in [3.8, 4) is 5.82 Å². The standard InChI is InChI=1S/C23H19N5O3/c24-21(30)20(29)18(13-15-7-2-1-3-8-15)27-23(31)17-10-6-12-25-22(17)28-19-11-5-4-9-16(19)14-26-28/h1-12,14,18H,13H2,(H2,24,30)(H,27,31). The fourth-order valence-corrected chi connectivity index (χ4v) is 3.35. The van der Waals surface area contributed by atoms with E-state index in [-0.39, 0.29) is 12.0 Å². The Morgan fingerprint density at radius 3 is 2.48 bits per heavy atom. The number of benzene rings is 2. The Morgan fingerprint density at radius 1 is 0.968 bits per heavy atom. The number of rotatable bonds is 7. The van der Waals surface area contributed by atoms with Gasteiger partial charge in [0, 0.05) is 18.0 Å². The van der Waals surface area contributed by atoms with Crippen LogP contribution in [0.5, 0.6) is 0 Å². The van der Waals surface area contributed by atoms with Gasteiger partial charge >= 0.3 is 0 Å². The van der Waals surface area contributed by atoms with Gasteiger partial charge < -0.3 is 11.1 Å². The second kappa shape index (κ2) is 8.58. The normalized spacial score (nSPS) is 11.7. The van der Waals surface area contributed by atoms with Gasteiger partial charge in [-0.25, -0.2) is 9.67 Å². The zero-order valence-electron chi connectivity index (χ0n) is 16.4. The monoisotopic (exact) mass is 413 g/mol. The van der Waals surface area contributed by atoms with E-state index in [0.29, 0.717) is 5.82 Å². The highest BCUT2D eigenvalue weighted by Crippen LogP contribution is 2.19. The van der Waals surface area contributed by atoms with Crippen molar-refractivity contribution >= 4 is 28.5 Å². The highest BCUT2D eigenvalue weighted by atomic mass is 16.2. The Kier molecular flexibility index (Phi) is 5.53. The molecular formula is C23H19N5O3. The Hall–Kier alpha value is -4.33. The topological polar surface area (TPSA) is 120 Å². The second-order valence-corrected chi connectivity index (χ2v) is 6.93. The first-order chi connectivity index (χ1) is 15.0. The number of nitrogens with zero attached hydrogens (tertiary/aromatic N) is 3. The van der Waals surface area contributed by atoms with Crippen LogP contribution >= 0.6 is 0 Å². The quantitative estimate of drug-likeness (QED) is 0.448. The van der Waals surface area contributed by atoms with Crippen LogP contribution in [0.3, 0.4) is 0 Å². The molecule has 4 rings (SSSR count). The molecule has 2 aromatic heterocycles. The van der Waals surface area contributed by atoms with E-state index in [1.165, 1.54) is 0 Å². The molecule has 0 bridgehead atoms. The molecule has 0 spiro atoms. The molecule has 0 fully saturated rings. The number of nitrogens with one attached hydrogen (secondary N) is 1. The molecule has 8 nitrogen and oxygen atoms in total. The first-order valence-electron chi connectivity index (χ1n) is 9.61. The SMILES string of the molecule is NC(=O)C(=O)C(Cc1ccccc1)NC(=O)c1cccnc1-n1ncc2ccccc21. The van der Waals surface area contributed by atoms with Crippen molar-refractivity contribution in [2.45, 2.75) is 12.5 Å². The summed E-state index contributed by atoms with van der Waals surface area (Å²) < 4.78 is 1.56. The van der Waals surface area contributed by atoms with E-state index in [0.717, 1.165) is 16.5 Å². The minimum atomic E-state index is -1.11. The molecule has 2 amide bonds. The predicted octanol–water partition coefficient (Wildman–Crippen LogP) is 1.82. The van der Waals surface area contributed by atoms with Crippen molar-refractivity contribution in [3.05, 3.63) is 90.3 Å². The number of Topliss-reactive ketones (excluding diaryl/α,β-unsaturated/α-hetero) is 1. The molecule has 0 saturated heterocycles. The van der Waals surface area contributed by atoms with Crippen molar-refractivity contribution in [2.75, 3.05) is 0 Å². The highest BCUT2D eigenvalue weighted by molar-refractivity contribution is 6.38. The summed E-state index contributed by atoms with van der Waals surface area (Å²) in [6, 6.07) is 18.7. The van der Waals surface area contributed by atoms with E-state index < -0.39 is 23.6 Å².